The van der Waals surface area contributed by atoms with Crippen LogP contribution < -0.4 is 11.1 Å². The summed E-state index contributed by atoms with van der Waals surface area (Å²) in [5.74, 6) is -0.0153. The van der Waals surface area contributed by atoms with E-state index in [0.29, 0.717) is 37.3 Å². The summed E-state index contributed by atoms with van der Waals surface area (Å²) in [6.07, 6.45) is 2.62. The molecule has 2 saturated heterocycles. The van der Waals surface area contributed by atoms with Crippen molar-refractivity contribution >= 4 is 17.5 Å². The molecule has 0 unspecified atom stereocenters. The van der Waals surface area contributed by atoms with E-state index in [1.54, 1.807) is 12.1 Å². The van der Waals surface area contributed by atoms with Crippen LogP contribution in [-0.2, 0) is 9.59 Å². The predicted molar refractivity (Wildman–Crippen MR) is 122 cm³/mol. The molecule has 2 fully saturated rings. The molecule has 3 N–H and O–H groups in total. The zero-order chi connectivity index (χ0) is 22.7. The molecular weight excluding hydrogens is 407 g/mol. The summed E-state index contributed by atoms with van der Waals surface area (Å²) in [6.45, 7) is 2.09. The van der Waals surface area contributed by atoms with E-state index in [0.717, 1.165) is 24.8 Å². The van der Waals surface area contributed by atoms with Crippen LogP contribution >= 0.6 is 0 Å². The van der Waals surface area contributed by atoms with Crippen LogP contribution in [-0.4, -0.2) is 54.3 Å². The summed E-state index contributed by atoms with van der Waals surface area (Å²) in [7, 11) is 2.07. The predicted octanol–water partition coefficient (Wildman–Crippen LogP) is 3.02. The Morgan fingerprint density at radius 2 is 1.72 bits per heavy atom. The Hall–Kier alpha value is -2.77. The molecule has 0 saturated carbocycles. The number of halogens is 1. The molecule has 4 rings (SSSR count). The molecule has 0 spiro atoms. The van der Waals surface area contributed by atoms with Gasteiger partial charge in [-0.05, 0) is 62.1 Å². The Bertz CT molecular complexity index is 929. The number of benzene rings is 2. The van der Waals surface area contributed by atoms with E-state index in [1.165, 1.54) is 12.1 Å². The summed E-state index contributed by atoms with van der Waals surface area (Å²) >= 11 is 0. The van der Waals surface area contributed by atoms with Crippen LogP contribution in [0.25, 0.3) is 0 Å². The topological polar surface area (TPSA) is 78.7 Å². The van der Waals surface area contributed by atoms with Crippen molar-refractivity contribution in [1.29, 1.82) is 0 Å². The number of anilines is 1. The third kappa shape index (κ3) is 5.00. The number of hydrogen-bond donors (Lipinski definition) is 2. The van der Waals surface area contributed by atoms with Crippen molar-refractivity contribution in [1.82, 2.24) is 9.80 Å². The highest BCUT2D eigenvalue weighted by Crippen LogP contribution is 2.34. The quantitative estimate of drug-likeness (QED) is 0.752. The minimum Gasteiger partial charge on any atom is -0.341 e. The van der Waals surface area contributed by atoms with Gasteiger partial charge in [0, 0.05) is 31.4 Å². The van der Waals surface area contributed by atoms with Gasteiger partial charge in [-0.25, -0.2) is 4.39 Å². The van der Waals surface area contributed by atoms with Crippen molar-refractivity contribution in [2.45, 2.75) is 31.3 Å². The van der Waals surface area contributed by atoms with Crippen LogP contribution in [0, 0.1) is 17.7 Å². The fourth-order valence-corrected chi connectivity index (χ4v) is 5.05. The molecular formula is C25H31FN4O2. The first-order chi connectivity index (χ1) is 15.4. The van der Waals surface area contributed by atoms with Gasteiger partial charge in [0.05, 0.1) is 5.92 Å². The van der Waals surface area contributed by atoms with Crippen LogP contribution in [0.1, 0.15) is 30.9 Å². The van der Waals surface area contributed by atoms with Crippen LogP contribution in [0.2, 0.25) is 0 Å². The fraction of sp³-hybridized carbons (Fsp3) is 0.440. The van der Waals surface area contributed by atoms with Crippen molar-refractivity contribution in [2.24, 2.45) is 17.6 Å². The number of piperidine rings is 1. The molecule has 170 valence electrons. The van der Waals surface area contributed by atoms with Crippen LogP contribution in [0.4, 0.5) is 10.1 Å². The Morgan fingerprint density at radius 3 is 2.38 bits per heavy atom. The maximum Gasteiger partial charge on any atom is 0.244 e. The Labute approximate surface area is 188 Å². The highest BCUT2D eigenvalue weighted by atomic mass is 19.1. The first kappa shape index (κ1) is 22.4. The monoisotopic (exact) mass is 438 g/mol. The maximum atomic E-state index is 13.1. The fourth-order valence-electron chi connectivity index (χ4n) is 5.05. The number of carbonyl (C=O) groups is 2. The zero-order valence-electron chi connectivity index (χ0n) is 18.4. The standard InChI is InChI=1S/C25H31FN4O2/c1-29-16-19(24(31)28-21-9-7-20(26)8-10-21)15-22(29)17-11-13-30(14-12-17)25(32)23(27)18-5-3-2-4-6-18/h2-10,17,19,22-23H,11-16,27H2,1H3,(H,28,31)/t19-,22-,23-/m1/s1. The lowest BCUT2D eigenvalue weighted by Gasteiger charge is -2.38. The first-order valence-corrected chi connectivity index (χ1v) is 11.3. The summed E-state index contributed by atoms with van der Waals surface area (Å²) in [4.78, 5) is 29.7. The second-order valence-corrected chi connectivity index (χ2v) is 8.99. The maximum absolute atomic E-state index is 13.1. The minimum absolute atomic E-state index is 0.0209. The molecule has 2 aromatic rings. The molecule has 2 aromatic carbocycles. The molecule has 2 aliphatic rings. The molecule has 0 bridgehead atoms. The number of nitrogens with zero attached hydrogens (tertiary/aromatic N) is 2. The van der Waals surface area contributed by atoms with Gasteiger partial charge in [0.1, 0.15) is 11.9 Å². The first-order valence-electron chi connectivity index (χ1n) is 11.3. The summed E-state index contributed by atoms with van der Waals surface area (Å²) in [5, 5.41) is 2.91. The van der Waals surface area contributed by atoms with Crippen molar-refractivity contribution in [2.75, 3.05) is 32.0 Å². The third-order valence-electron chi connectivity index (χ3n) is 6.90. The smallest absolute Gasteiger partial charge is 0.244 e. The van der Waals surface area contributed by atoms with Crippen molar-refractivity contribution in [3.8, 4) is 0 Å². The number of rotatable bonds is 5. The van der Waals surface area contributed by atoms with Gasteiger partial charge < -0.3 is 20.9 Å². The Morgan fingerprint density at radius 1 is 1.06 bits per heavy atom. The largest absolute Gasteiger partial charge is 0.341 e. The molecule has 2 aliphatic heterocycles. The van der Waals surface area contributed by atoms with Crippen molar-refractivity contribution in [3.63, 3.8) is 0 Å². The van der Waals surface area contributed by atoms with Gasteiger partial charge in [-0.2, -0.15) is 0 Å². The minimum atomic E-state index is -0.624. The molecule has 7 heteroatoms. The molecule has 3 atom stereocenters. The van der Waals surface area contributed by atoms with E-state index in [1.807, 2.05) is 35.2 Å². The lowest BCUT2D eigenvalue weighted by atomic mass is 9.86. The summed E-state index contributed by atoms with van der Waals surface area (Å²) < 4.78 is 13.1. The van der Waals surface area contributed by atoms with E-state index >= 15 is 0 Å². The molecule has 6 nitrogen and oxygen atoms in total. The number of likely N-dealkylation sites (tertiary alicyclic amines) is 2. The van der Waals surface area contributed by atoms with E-state index in [4.69, 9.17) is 5.73 Å². The molecule has 0 aromatic heterocycles. The SMILES string of the molecule is CN1C[C@H](C(=O)Nc2ccc(F)cc2)C[C@@H]1C1CCN(C(=O)[C@H](N)c2ccccc2)CC1. The van der Waals surface area contributed by atoms with Gasteiger partial charge in [-0.1, -0.05) is 30.3 Å². The lowest BCUT2D eigenvalue weighted by Crippen LogP contribution is -2.46. The van der Waals surface area contributed by atoms with Crippen LogP contribution in [0.3, 0.4) is 0 Å². The van der Waals surface area contributed by atoms with Gasteiger partial charge >= 0.3 is 0 Å². The average molecular weight is 439 g/mol. The number of amides is 2. The highest BCUT2D eigenvalue weighted by molar-refractivity contribution is 5.92. The molecule has 2 amide bonds. The average Bonchev–Trinajstić information content (AvgIpc) is 3.22. The number of nitrogens with two attached hydrogens (primary N) is 1. The van der Waals surface area contributed by atoms with Gasteiger partial charge in [-0.3, -0.25) is 9.59 Å². The Balaban J connectivity index is 1.29. The van der Waals surface area contributed by atoms with E-state index in [2.05, 4.69) is 17.3 Å². The van der Waals surface area contributed by atoms with E-state index in [-0.39, 0.29) is 23.5 Å². The third-order valence-corrected chi connectivity index (χ3v) is 6.90. The molecule has 0 aliphatic carbocycles. The van der Waals surface area contributed by atoms with Gasteiger partial charge in [0.15, 0.2) is 0 Å². The number of carbonyl (C=O) groups excluding carboxylic acids is 2. The molecule has 0 radical (unpaired) electrons. The highest BCUT2D eigenvalue weighted by Gasteiger charge is 2.40. The van der Waals surface area contributed by atoms with Crippen molar-refractivity contribution < 1.29 is 14.0 Å². The van der Waals surface area contributed by atoms with Crippen LogP contribution in [0.15, 0.2) is 54.6 Å². The number of hydrogen-bond acceptors (Lipinski definition) is 4. The zero-order valence-corrected chi connectivity index (χ0v) is 18.4. The van der Waals surface area contributed by atoms with Gasteiger partial charge in [-0.15, -0.1) is 0 Å². The molecule has 2 heterocycles. The normalized spacial score (nSPS) is 23.2. The van der Waals surface area contributed by atoms with Crippen molar-refractivity contribution in [3.05, 3.63) is 66.0 Å². The van der Waals surface area contributed by atoms with E-state index in [9.17, 15) is 14.0 Å². The Kier molecular flexibility index (Phi) is 6.86. The second-order valence-electron chi connectivity index (χ2n) is 8.99. The van der Waals surface area contributed by atoms with Gasteiger partial charge in [0.2, 0.25) is 11.8 Å². The summed E-state index contributed by atoms with van der Waals surface area (Å²) in [6, 6.07) is 15.0. The van der Waals surface area contributed by atoms with Crippen LogP contribution in [0.5, 0.6) is 0 Å². The second kappa shape index (κ2) is 9.79. The lowest BCUT2D eigenvalue weighted by molar-refractivity contribution is -0.134. The molecule has 32 heavy (non-hydrogen) atoms. The number of nitrogens with one attached hydrogen (secondary N) is 1. The van der Waals surface area contributed by atoms with E-state index < -0.39 is 6.04 Å². The van der Waals surface area contributed by atoms with Gasteiger partial charge in [0.25, 0.3) is 0 Å². The summed E-state index contributed by atoms with van der Waals surface area (Å²) in [5.41, 5.74) is 7.66.